The predicted molar refractivity (Wildman–Crippen MR) is 74.9 cm³/mol. The Hall–Kier alpha value is -2.50. The second-order valence-electron chi connectivity index (χ2n) is 5.07. The average Bonchev–Trinajstić information content (AvgIpc) is 2.96. The van der Waals surface area contributed by atoms with Gasteiger partial charge in [-0.15, -0.1) is 0 Å². The van der Waals surface area contributed by atoms with Crippen molar-refractivity contribution in [3.05, 3.63) is 35.9 Å². The van der Waals surface area contributed by atoms with Gasteiger partial charge in [0.1, 0.15) is 6.04 Å². The van der Waals surface area contributed by atoms with Crippen molar-refractivity contribution in [3.63, 3.8) is 0 Å². The average molecular weight is 291 g/mol. The van der Waals surface area contributed by atoms with Gasteiger partial charge in [0.2, 0.25) is 5.91 Å². The fraction of sp³-hybridized carbons (Fsp3) is 0.333. The number of phenolic OH excluding ortho intramolecular Hbond substituents is 2. The molecule has 21 heavy (non-hydrogen) atoms. The normalized spacial score (nSPS) is 15.8. The SMILES string of the molecule is O=C(N[C@@H](Cc1ccc(O)c(O)c1)C(=O)O)C1CC=CC1. The number of carboxylic acid groups (broad SMARTS) is 1. The molecular formula is C15H17NO5. The monoisotopic (exact) mass is 291 g/mol. The largest absolute Gasteiger partial charge is 0.504 e. The summed E-state index contributed by atoms with van der Waals surface area (Å²) >= 11 is 0. The number of hydrogen-bond acceptors (Lipinski definition) is 4. The maximum absolute atomic E-state index is 12.0. The van der Waals surface area contributed by atoms with E-state index in [1.54, 1.807) is 0 Å². The Morgan fingerprint density at radius 3 is 2.43 bits per heavy atom. The number of allylic oxidation sites excluding steroid dienone is 2. The molecule has 0 bridgehead atoms. The lowest BCUT2D eigenvalue weighted by atomic mass is 10.0. The van der Waals surface area contributed by atoms with Crippen LogP contribution in [0.15, 0.2) is 30.4 Å². The molecule has 0 radical (unpaired) electrons. The van der Waals surface area contributed by atoms with Crippen LogP contribution in [0.25, 0.3) is 0 Å². The van der Waals surface area contributed by atoms with Crippen molar-refractivity contribution in [2.24, 2.45) is 5.92 Å². The second-order valence-corrected chi connectivity index (χ2v) is 5.07. The molecule has 0 fully saturated rings. The molecule has 6 nitrogen and oxygen atoms in total. The van der Waals surface area contributed by atoms with Crippen LogP contribution in [0.5, 0.6) is 11.5 Å². The van der Waals surface area contributed by atoms with E-state index in [1.807, 2.05) is 12.2 Å². The van der Waals surface area contributed by atoms with Crippen molar-refractivity contribution < 1.29 is 24.9 Å². The highest BCUT2D eigenvalue weighted by Gasteiger charge is 2.26. The molecule has 0 unspecified atom stereocenters. The van der Waals surface area contributed by atoms with Gasteiger partial charge >= 0.3 is 5.97 Å². The number of carboxylic acids is 1. The Morgan fingerprint density at radius 1 is 1.19 bits per heavy atom. The van der Waals surface area contributed by atoms with Crippen LogP contribution in [-0.4, -0.2) is 33.2 Å². The van der Waals surface area contributed by atoms with E-state index < -0.39 is 12.0 Å². The van der Waals surface area contributed by atoms with Crippen LogP contribution >= 0.6 is 0 Å². The second kappa shape index (κ2) is 6.30. The quantitative estimate of drug-likeness (QED) is 0.481. The van der Waals surface area contributed by atoms with E-state index in [2.05, 4.69) is 5.32 Å². The van der Waals surface area contributed by atoms with Crippen LogP contribution < -0.4 is 5.32 Å². The van der Waals surface area contributed by atoms with E-state index in [0.717, 1.165) is 0 Å². The zero-order valence-corrected chi connectivity index (χ0v) is 11.3. The Balaban J connectivity index is 2.03. The molecule has 1 aromatic rings. The zero-order chi connectivity index (χ0) is 15.4. The van der Waals surface area contributed by atoms with Gasteiger partial charge in [-0.1, -0.05) is 18.2 Å². The molecule has 112 valence electrons. The number of carbonyl (C=O) groups is 2. The topological polar surface area (TPSA) is 107 Å². The van der Waals surface area contributed by atoms with Crippen LogP contribution in [0.4, 0.5) is 0 Å². The fourth-order valence-corrected chi connectivity index (χ4v) is 2.25. The molecule has 0 saturated heterocycles. The lowest BCUT2D eigenvalue weighted by Crippen LogP contribution is -2.44. The number of rotatable bonds is 5. The summed E-state index contributed by atoms with van der Waals surface area (Å²) in [6, 6.07) is 3.01. The minimum absolute atomic E-state index is 0.0368. The molecule has 0 heterocycles. The number of hydrogen-bond donors (Lipinski definition) is 4. The number of phenols is 2. The number of aromatic hydroxyl groups is 2. The number of benzene rings is 1. The molecule has 0 spiro atoms. The number of nitrogens with one attached hydrogen (secondary N) is 1. The van der Waals surface area contributed by atoms with Gasteiger partial charge in [-0.2, -0.15) is 0 Å². The van der Waals surface area contributed by atoms with E-state index in [4.69, 9.17) is 0 Å². The highest BCUT2D eigenvalue weighted by Crippen LogP contribution is 2.25. The molecule has 0 aromatic heterocycles. The molecular weight excluding hydrogens is 274 g/mol. The maximum Gasteiger partial charge on any atom is 0.326 e. The third-order valence-corrected chi connectivity index (χ3v) is 3.47. The molecule has 0 saturated carbocycles. The molecule has 4 N–H and O–H groups in total. The molecule has 1 aliphatic rings. The molecule has 2 rings (SSSR count). The lowest BCUT2D eigenvalue weighted by molar-refractivity contribution is -0.142. The van der Waals surface area contributed by atoms with Gasteiger partial charge in [0.15, 0.2) is 11.5 Å². The molecule has 1 amide bonds. The minimum Gasteiger partial charge on any atom is -0.504 e. The summed E-state index contributed by atoms with van der Waals surface area (Å²) in [5.74, 6) is -2.22. The van der Waals surface area contributed by atoms with Gasteiger partial charge in [-0.05, 0) is 30.5 Å². The van der Waals surface area contributed by atoms with E-state index in [9.17, 15) is 24.9 Å². The number of aliphatic carboxylic acids is 1. The Morgan fingerprint density at radius 2 is 1.86 bits per heavy atom. The van der Waals surface area contributed by atoms with Crippen molar-refractivity contribution in [2.45, 2.75) is 25.3 Å². The van der Waals surface area contributed by atoms with Gasteiger partial charge in [0.25, 0.3) is 0 Å². The molecule has 0 aliphatic heterocycles. The molecule has 1 atom stereocenters. The summed E-state index contributed by atoms with van der Waals surface area (Å²) in [5, 5.41) is 30.4. The van der Waals surface area contributed by atoms with Crippen LogP contribution in [0.1, 0.15) is 18.4 Å². The van der Waals surface area contributed by atoms with Gasteiger partial charge in [-0.3, -0.25) is 4.79 Å². The Labute approximate surface area is 121 Å². The first-order valence-electron chi connectivity index (χ1n) is 6.66. The van der Waals surface area contributed by atoms with Crippen LogP contribution in [0.2, 0.25) is 0 Å². The van der Waals surface area contributed by atoms with Gasteiger partial charge in [0.05, 0.1) is 0 Å². The van der Waals surface area contributed by atoms with E-state index >= 15 is 0 Å². The standard InChI is InChI=1S/C15H17NO5/c17-12-6-5-9(8-13(12)18)7-11(15(20)21)16-14(19)10-3-1-2-4-10/h1-2,5-6,8,10-11,17-18H,3-4,7H2,(H,16,19)(H,20,21)/t11-/m0/s1. The van der Waals surface area contributed by atoms with Crippen molar-refractivity contribution in [1.82, 2.24) is 5.32 Å². The molecule has 6 heteroatoms. The third-order valence-electron chi connectivity index (χ3n) is 3.47. The summed E-state index contributed by atoms with van der Waals surface area (Å²) in [6.07, 6.45) is 5.08. The first kappa shape index (κ1) is 14.9. The number of amides is 1. The van der Waals surface area contributed by atoms with Crippen molar-refractivity contribution in [3.8, 4) is 11.5 Å². The van der Waals surface area contributed by atoms with Gasteiger partial charge in [-0.25, -0.2) is 4.79 Å². The Bertz CT molecular complexity index is 573. The highest BCUT2D eigenvalue weighted by molar-refractivity contribution is 5.85. The summed E-state index contributed by atoms with van der Waals surface area (Å²) in [7, 11) is 0. The van der Waals surface area contributed by atoms with Crippen molar-refractivity contribution in [2.75, 3.05) is 0 Å². The first-order chi connectivity index (χ1) is 9.97. The van der Waals surface area contributed by atoms with Gasteiger partial charge < -0.3 is 20.6 Å². The van der Waals surface area contributed by atoms with Crippen LogP contribution in [-0.2, 0) is 16.0 Å². The predicted octanol–water partition coefficient (Wildman–Crippen LogP) is 1.18. The summed E-state index contributed by atoms with van der Waals surface area (Å²) in [5.41, 5.74) is 0.516. The summed E-state index contributed by atoms with van der Waals surface area (Å²) in [6.45, 7) is 0. The van der Waals surface area contributed by atoms with E-state index in [-0.39, 0.29) is 29.7 Å². The lowest BCUT2D eigenvalue weighted by Gasteiger charge is -2.17. The van der Waals surface area contributed by atoms with Crippen molar-refractivity contribution in [1.29, 1.82) is 0 Å². The first-order valence-corrected chi connectivity index (χ1v) is 6.66. The van der Waals surface area contributed by atoms with Crippen molar-refractivity contribution >= 4 is 11.9 Å². The van der Waals surface area contributed by atoms with Gasteiger partial charge in [0, 0.05) is 12.3 Å². The van der Waals surface area contributed by atoms with Crippen LogP contribution in [0, 0.1) is 5.92 Å². The highest BCUT2D eigenvalue weighted by atomic mass is 16.4. The summed E-state index contributed by atoms with van der Waals surface area (Å²) < 4.78 is 0. The van der Waals surface area contributed by atoms with E-state index in [0.29, 0.717) is 18.4 Å². The zero-order valence-electron chi connectivity index (χ0n) is 11.3. The number of carbonyl (C=O) groups excluding carboxylic acids is 1. The smallest absolute Gasteiger partial charge is 0.326 e. The molecule has 1 aliphatic carbocycles. The summed E-state index contributed by atoms with van der Waals surface area (Å²) in [4.78, 5) is 23.2. The van der Waals surface area contributed by atoms with E-state index in [1.165, 1.54) is 18.2 Å². The Kier molecular flexibility index (Phi) is 4.47. The minimum atomic E-state index is -1.14. The molecule has 1 aromatic carbocycles. The third kappa shape index (κ3) is 3.75. The van der Waals surface area contributed by atoms with Crippen LogP contribution in [0.3, 0.4) is 0 Å². The maximum atomic E-state index is 12.0. The fourth-order valence-electron chi connectivity index (χ4n) is 2.25.